The van der Waals surface area contributed by atoms with Crippen molar-refractivity contribution in [3.05, 3.63) is 84.4 Å². The number of hydrogen-bond acceptors (Lipinski definition) is 5. The molecular formula is C20H17NO5S. The summed E-state index contributed by atoms with van der Waals surface area (Å²) in [6.45, 7) is 0. The van der Waals surface area contributed by atoms with Crippen LogP contribution < -0.4 is 9.46 Å². The fraction of sp³-hybridized carbons (Fsp3) is 0.0500. The van der Waals surface area contributed by atoms with Gasteiger partial charge in [0.25, 0.3) is 10.0 Å². The number of hydrogen-bond donors (Lipinski definition) is 1. The average Bonchev–Trinajstić information content (AvgIpc) is 2.69. The zero-order valence-electron chi connectivity index (χ0n) is 14.5. The molecule has 0 bridgehead atoms. The summed E-state index contributed by atoms with van der Waals surface area (Å²) in [4.78, 5) is 11.6. The van der Waals surface area contributed by atoms with Crippen molar-refractivity contribution in [2.24, 2.45) is 0 Å². The normalized spacial score (nSPS) is 10.9. The number of ether oxygens (including phenoxy) is 2. The molecule has 0 aliphatic carbocycles. The van der Waals surface area contributed by atoms with Crippen LogP contribution in [-0.4, -0.2) is 21.5 Å². The second-order valence-electron chi connectivity index (χ2n) is 5.56. The topological polar surface area (TPSA) is 81.7 Å². The molecule has 27 heavy (non-hydrogen) atoms. The van der Waals surface area contributed by atoms with Gasteiger partial charge in [-0.05, 0) is 54.6 Å². The van der Waals surface area contributed by atoms with Crippen LogP contribution in [0.1, 0.15) is 10.4 Å². The number of benzene rings is 3. The van der Waals surface area contributed by atoms with Gasteiger partial charge in [-0.1, -0.05) is 24.3 Å². The number of carbonyl (C=O) groups is 1. The standard InChI is InChI=1S/C20H17NO5S/c1-25-20(22)15-6-5-9-19(14-15)27(23,24)21-16-10-12-18(13-11-16)26-17-7-3-2-4-8-17/h2-14,21H,1H3. The summed E-state index contributed by atoms with van der Waals surface area (Å²) < 4.78 is 37.9. The maximum atomic E-state index is 12.5. The van der Waals surface area contributed by atoms with Gasteiger partial charge in [-0.3, -0.25) is 4.72 Å². The minimum Gasteiger partial charge on any atom is -0.465 e. The van der Waals surface area contributed by atoms with Crippen LogP contribution in [0.2, 0.25) is 0 Å². The Morgan fingerprint density at radius 3 is 2.19 bits per heavy atom. The lowest BCUT2D eigenvalue weighted by atomic mass is 10.2. The summed E-state index contributed by atoms with van der Waals surface area (Å²) in [7, 11) is -2.61. The van der Waals surface area contributed by atoms with Crippen LogP contribution in [0.4, 0.5) is 5.69 Å². The third-order valence-electron chi connectivity index (χ3n) is 3.65. The summed E-state index contributed by atoms with van der Waals surface area (Å²) >= 11 is 0. The first-order valence-electron chi connectivity index (χ1n) is 8.02. The molecule has 6 nitrogen and oxygen atoms in total. The molecule has 138 valence electrons. The molecule has 3 aromatic rings. The molecule has 0 atom stereocenters. The van der Waals surface area contributed by atoms with Crippen LogP contribution in [0.15, 0.2) is 83.8 Å². The third-order valence-corrected chi connectivity index (χ3v) is 5.03. The van der Waals surface area contributed by atoms with Crippen molar-refractivity contribution in [1.82, 2.24) is 0 Å². The van der Waals surface area contributed by atoms with E-state index in [9.17, 15) is 13.2 Å². The Labute approximate surface area is 157 Å². The lowest BCUT2D eigenvalue weighted by Gasteiger charge is -2.10. The third kappa shape index (κ3) is 4.65. The Morgan fingerprint density at radius 2 is 1.52 bits per heavy atom. The largest absolute Gasteiger partial charge is 0.465 e. The number of carbonyl (C=O) groups excluding carboxylic acids is 1. The van der Waals surface area contributed by atoms with Gasteiger partial charge in [-0.25, -0.2) is 13.2 Å². The number of anilines is 1. The molecule has 3 aromatic carbocycles. The second-order valence-corrected chi connectivity index (χ2v) is 7.25. The van der Waals surface area contributed by atoms with E-state index in [0.29, 0.717) is 17.2 Å². The molecule has 1 N–H and O–H groups in total. The van der Waals surface area contributed by atoms with E-state index in [2.05, 4.69) is 9.46 Å². The summed E-state index contributed by atoms with van der Waals surface area (Å²) in [5.74, 6) is 0.664. The van der Waals surface area contributed by atoms with Crippen LogP contribution in [-0.2, 0) is 14.8 Å². The molecule has 0 heterocycles. The van der Waals surface area contributed by atoms with E-state index in [0.717, 1.165) is 0 Å². The highest BCUT2D eigenvalue weighted by atomic mass is 32.2. The van der Waals surface area contributed by atoms with Crippen molar-refractivity contribution in [1.29, 1.82) is 0 Å². The van der Waals surface area contributed by atoms with Crippen LogP contribution in [0.25, 0.3) is 0 Å². The van der Waals surface area contributed by atoms with Crippen LogP contribution in [0.5, 0.6) is 11.5 Å². The SMILES string of the molecule is COC(=O)c1cccc(S(=O)(=O)Nc2ccc(Oc3ccccc3)cc2)c1. The number of nitrogens with one attached hydrogen (secondary N) is 1. The quantitative estimate of drug-likeness (QED) is 0.649. The van der Waals surface area contributed by atoms with Gasteiger partial charge in [-0.2, -0.15) is 0 Å². The predicted octanol–water partition coefficient (Wildman–Crippen LogP) is 4.07. The van der Waals surface area contributed by atoms with E-state index in [1.165, 1.54) is 31.4 Å². The molecule has 0 fully saturated rings. The minimum atomic E-state index is -3.85. The van der Waals surface area contributed by atoms with Crippen molar-refractivity contribution in [3.63, 3.8) is 0 Å². The lowest BCUT2D eigenvalue weighted by Crippen LogP contribution is -2.14. The first kappa shape index (κ1) is 18.5. The molecule has 0 radical (unpaired) electrons. The Hall–Kier alpha value is -3.32. The Bertz CT molecular complexity index is 1030. The first-order valence-corrected chi connectivity index (χ1v) is 9.50. The molecule has 0 aliphatic rings. The lowest BCUT2D eigenvalue weighted by molar-refractivity contribution is 0.0600. The van der Waals surface area contributed by atoms with E-state index < -0.39 is 16.0 Å². The van der Waals surface area contributed by atoms with E-state index >= 15 is 0 Å². The molecule has 0 saturated heterocycles. The van der Waals surface area contributed by atoms with Crippen molar-refractivity contribution in [2.75, 3.05) is 11.8 Å². The van der Waals surface area contributed by atoms with E-state index in [1.54, 1.807) is 24.3 Å². The molecule has 0 saturated carbocycles. The monoisotopic (exact) mass is 383 g/mol. The van der Waals surface area contributed by atoms with Crippen molar-refractivity contribution >= 4 is 21.7 Å². The molecular weight excluding hydrogens is 366 g/mol. The van der Waals surface area contributed by atoms with Gasteiger partial charge in [0, 0.05) is 5.69 Å². The number of methoxy groups -OCH3 is 1. The van der Waals surface area contributed by atoms with Crippen LogP contribution >= 0.6 is 0 Å². The fourth-order valence-electron chi connectivity index (χ4n) is 2.34. The highest BCUT2D eigenvalue weighted by Crippen LogP contribution is 2.24. The van der Waals surface area contributed by atoms with Gasteiger partial charge in [0.2, 0.25) is 0 Å². The second kappa shape index (κ2) is 7.92. The molecule has 0 spiro atoms. The zero-order valence-corrected chi connectivity index (χ0v) is 15.3. The van der Waals surface area contributed by atoms with Crippen molar-refractivity contribution < 1.29 is 22.7 Å². The number of sulfonamides is 1. The van der Waals surface area contributed by atoms with E-state index in [4.69, 9.17) is 4.74 Å². The maximum Gasteiger partial charge on any atom is 0.337 e. The molecule has 0 aliphatic heterocycles. The summed E-state index contributed by atoms with van der Waals surface area (Å²) in [5.41, 5.74) is 0.533. The Kier molecular flexibility index (Phi) is 5.42. The molecule has 0 unspecified atom stereocenters. The zero-order chi connectivity index (χ0) is 19.3. The number of esters is 1. The smallest absolute Gasteiger partial charge is 0.337 e. The predicted molar refractivity (Wildman–Crippen MR) is 102 cm³/mol. The van der Waals surface area contributed by atoms with Crippen molar-refractivity contribution in [3.8, 4) is 11.5 Å². The van der Waals surface area contributed by atoms with E-state index in [1.807, 2.05) is 30.3 Å². The van der Waals surface area contributed by atoms with Gasteiger partial charge in [0.15, 0.2) is 0 Å². The van der Waals surface area contributed by atoms with Gasteiger partial charge < -0.3 is 9.47 Å². The summed E-state index contributed by atoms with van der Waals surface area (Å²) in [6.07, 6.45) is 0. The first-order chi connectivity index (χ1) is 13.0. The van der Waals surface area contributed by atoms with E-state index in [-0.39, 0.29) is 10.5 Å². The Morgan fingerprint density at radius 1 is 0.852 bits per heavy atom. The highest BCUT2D eigenvalue weighted by Gasteiger charge is 2.16. The summed E-state index contributed by atoms with van der Waals surface area (Å²) in [5, 5.41) is 0. The summed E-state index contributed by atoms with van der Waals surface area (Å²) in [6, 6.07) is 21.4. The molecule has 3 rings (SSSR count). The maximum absolute atomic E-state index is 12.5. The van der Waals surface area contributed by atoms with Crippen molar-refractivity contribution in [2.45, 2.75) is 4.90 Å². The fourth-order valence-corrected chi connectivity index (χ4v) is 3.44. The van der Waals surface area contributed by atoms with Gasteiger partial charge >= 0.3 is 5.97 Å². The minimum absolute atomic E-state index is 0.0324. The molecule has 0 aromatic heterocycles. The van der Waals surface area contributed by atoms with Gasteiger partial charge in [0.05, 0.1) is 17.6 Å². The van der Waals surface area contributed by atoms with Gasteiger partial charge in [-0.15, -0.1) is 0 Å². The molecule has 0 amide bonds. The highest BCUT2D eigenvalue weighted by molar-refractivity contribution is 7.92. The number of para-hydroxylation sites is 1. The molecule has 7 heteroatoms. The van der Waals surface area contributed by atoms with Crippen LogP contribution in [0.3, 0.4) is 0 Å². The van der Waals surface area contributed by atoms with Gasteiger partial charge in [0.1, 0.15) is 11.5 Å². The number of rotatable bonds is 6. The van der Waals surface area contributed by atoms with Crippen LogP contribution in [0, 0.1) is 0 Å². The Balaban J connectivity index is 1.75. The average molecular weight is 383 g/mol.